The number of hydrogen-bond donors (Lipinski definition) is 1. The molecule has 0 aliphatic heterocycles. The molecule has 15 heavy (non-hydrogen) atoms. The lowest BCUT2D eigenvalue weighted by Crippen LogP contribution is -2.32. The molecule has 82 valence electrons. The number of rotatable bonds is 1. The molecule has 0 aliphatic carbocycles. The zero-order chi connectivity index (χ0) is 11.5. The van der Waals surface area contributed by atoms with E-state index >= 15 is 0 Å². The van der Waals surface area contributed by atoms with Gasteiger partial charge in [0.15, 0.2) is 0 Å². The lowest BCUT2D eigenvalue weighted by molar-refractivity contribution is -0.161. The Morgan fingerprint density at radius 2 is 2.07 bits per heavy atom. The topological polar surface area (TPSA) is 55.4 Å². The molecule has 4 nitrogen and oxygen atoms in total. The number of thiophene rings is 1. The van der Waals surface area contributed by atoms with E-state index in [4.69, 9.17) is 4.74 Å². The minimum atomic E-state index is -0.865. The zero-order valence-corrected chi connectivity index (χ0v) is 9.68. The van der Waals surface area contributed by atoms with Crippen molar-refractivity contribution in [1.29, 1.82) is 0 Å². The van der Waals surface area contributed by atoms with Gasteiger partial charge in [0.05, 0.1) is 5.00 Å². The molecule has 1 N–H and O–H groups in total. The summed E-state index contributed by atoms with van der Waals surface area (Å²) in [5.41, 5.74) is -0.649. The van der Waals surface area contributed by atoms with Gasteiger partial charge >= 0.3 is 11.9 Å². The van der Waals surface area contributed by atoms with Crippen LogP contribution in [0.15, 0.2) is 17.5 Å². The Morgan fingerprint density at radius 1 is 1.40 bits per heavy atom. The highest BCUT2D eigenvalue weighted by atomic mass is 32.1. The quantitative estimate of drug-likeness (QED) is 0.590. The van der Waals surface area contributed by atoms with Crippen molar-refractivity contribution in [2.24, 2.45) is 0 Å². The van der Waals surface area contributed by atoms with Crippen LogP contribution in [0, 0.1) is 0 Å². The molecule has 0 unspecified atom stereocenters. The number of nitrogens with one attached hydrogen (secondary N) is 1. The molecule has 1 amide bonds. The van der Waals surface area contributed by atoms with Gasteiger partial charge in [-0.15, -0.1) is 11.3 Å². The average molecular weight is 227 g/mol. The van der Waals surface area contributed by atoms with Crippen molar-refractivity contribution < 1.29 is 14.3 Å². The van der Waals surface area contributed by atoms with Gasteiger partial charge in [0.2, 0.25) is 0 Å². The van der Waals surface area contributed by atoms with Gasteiger partial charge in [0, 0.05) is 0 Å². The molecule has 0 atom stereocenters. The molecule has 1 aromatic rings. The summed E-state index contributed by atoms with van der Waals surface area (Å²) in [6.07, 6.45) is 0. The van der Waals surface area contributed by atoms with Crippen LogP contribution in [0.1, 0.15) is 20.8 Å². The van der Waals surface area contributed by atoms with Gasteiger partial charge in [0.1, 0.15) is 5.60 Å². The Kier molecular flexibility index (Phi) is 3.47. The van der Waals surface area contributed by atoms with Gasteiger partial charge in [-0.1, -0.05) is 0 Å². The van der Waals surface area contributed by atoms with Crippen LogP contribution in [0.25, 0.3) is 0 Å². The molecule has 5 heteroatoms. The number of carbonyl (C=O) groups is 2. The first-order valence-electron chi connectivity index (χ1n) is 4.46. The predicted octanol–water partition coefficient (Wildman–Crippen LogP) is 2.03. The molecule has 0 saturated heterocycles. The summed E-state index contributed by atoms with van der Waals surface area (Å²) in [6.45, 7) is 5.13. The van der Waals surface area contributed by atoms with Crippen LogP contribution >= 0.6 is 11.3 Å². The zero-order valence-electron chi connectivity index (χ0n) is 8.87. The molecule has 0 radical (unpaired) electrons. The van der Waals surface area contributed by atoms with Crippen molar-refractivity contribution in [3.05, 3.63) is 17.5 Å². The Morgan fingerprint density at radius 3 is 2.53 bits per heavy atom. The van der Waals surface area contributed by atoms with Crippen molar-refractivity contribution in [3.63, 3.8) is 0 Å². The SMILES string of the molecule is CC(C)(C)OC(=O)C(=O)Nc1cccs1. The summed E-state index contributed by atoms with van der Waals surface area (Å²) in [5.74, 6) is -1.61. The summed E-state index contributed by atoms with van der Waals surface area (Å²) in [5, 5.41) is 4.89. The van der Waals surface area contributed by atoms with Gasteiger partial charge < -0.3 is 10.1 Å². The second-order valence-electron chi connectivity index (χ2n) is 3.93. The van der Waals surface area contributed by atoms with Gasteiger partial charge in [0.25, 0.3) is 0 Å². The van der Waals surface area contributed by atoms with Crippen molar-refractivity contribution in [1.82, 2.24) is 0 Å². The minimum absolute atomic E-state index is 0.630. The van der Waals surface area contributed by atoms with Crippen LogP contribution in [0.3, 0.4) is 0 Å². The Bertz CT molecular complexity index is 351. The van der Waals surface area contributed by atoms with Crippen molar-refractivity contribution in [2.75, 3.05) is 5.32 Å². The van der Waals surface area contributed by atoms with E-state index in [0.717, 1.165) is 0 Å². The van der Waals surface area contributed by atoms with E-state index in [0.29, 0.717) is 5.00 Å². The third kappa shape index (κ3) is 4.12. The van der Waals surface area contributed by atoms with E-state index in [-0.39, 0.29) is 0 Å². The van der Waals surface area contributed by atoms with E-state index in [9.17, 15) is 9.59 Å². The van der Waals surface area contributed by atoms with Gasteiger partial charge in [-0.2, -0.15) is 0 Å². The number of anilines is 1. The van der Waals surface area contributed by atoms with E-state index in [1.54, 1.807) is 32.9 Å². The fourth-order valence-corrected chi connectivity index (χ4v) is 1.45. The Labute approximate surface area is 92.2 Å². The smallest absolute Gasteiger partial charge is 0.397 e. The van der Waals surface area contributed by atoms with Crippen LogP contribution in [-0.4, -0.2) is 17.5 Å². The fraction of sp³-hybridized carbons (Fsp3) is 0.400. The van der Waals surface area contributed by atoms with E-state index < -0.39 is 17.5 Å². The largest absolute Gasteiger partial charge is 0.453 e. The fourth-order valence-electron chi connectivity index (χ4n) is 0.837. The van der Waals surface area contributed by atoms with E-state index in [2.05, 4.69) is 5.32 Å². The second-order valence-corrected chi connectivity index (χ2v) is 4.88. The maximum Gasteiger partial charge on any atom is 0.397 e. The molecule has 0 bridgehead atoms. The summed E-state index contributed by atoms with van der Waals surface area (Å²) < 4.78 is 4.90. The summed E-state index contributed by atoms with van der Waals surface area (Å²) in [7, 11) is 0. The minimum Gasteiger partial charge on any atom is -0.453 e. The molecule has 0 fully saturated rings. The highest BCUT2D eigenvalue weighted by molar-refractivity contribution is 7.14. The first-order valence-corrected chi connectivity index (χ1v) is 5.34. The molecule has 0 saturated carbocycles. The van der Waals surface area contributed by atoms with Gasteiger partial charge in [-0.3, -0.25) is 4.79 Å². The highest BCUT2D eigenvalue weighted by Crippen LogP contribution is 2.15. The Balaban J connectivity index is 2.51. The number of amides is 1. The summed E-state index contributed by atoms with van der Waals surface area (Å²) in [4.78, 5) is 22.6. The third-order valence-electron chi connectivity index (χ3n) is 1.34. The lowest BCUT2D eigenvalue weighted by Gasteiger charge is -2.18. The number of carbonyl (C=O) groups excluding carboxylic acids is 2. The maximum absolute atomic E-state index is 11.3. The molecule has 0 aromatic carbocycles. The maximum atomic E-state index is 11.3. The van der Waals surface area contributed by atoms with Crippen molar-refractivity contribution in [2.45, 2.75) is 26.4 Å². The van der Waals surface area contributed by atoms with Crippen LogP contribution in [0.2, 0.25) is 0 Å². The van der Waals surface area contributed by atoms with Crippen molar-refractivity contribution in [3.8, 4) is 0 Å². The Hall–Kier alpha value is -1.36. The van der Waals surface area contributed by atoms with E-state index in [1.807, 2.05) is 5.38 Å². The second kappa shape index (κ2) is 4.44. The van der Waals surface area contributed by atoms with Crippen LogP contribution < -0.4 is 5.32 Å². The predicted molar refractivity (Wildman–Crippen MR) is 58.8 cm³/mol. The van der Waals surface area contributed by atoms with Gasteiger partial charge in [-0.25, -0.2) is 4.79 Å². The molecule has 0 aliphatic rings. The van der Waals surface area contributed by atoms with Crippen LogP contribution in [0.5, 0.6) is 0 Å². The normalized spacial score (nSPS) is 10.9. The number of ether oxygens (including phenoxy) is 1. The summed E-state index contributed by atoms with van der Waals surface area (Å²) in [6, 6.07) is 3.50. The van der Waals surface area contributed by atoms with Crippen molar-refractivity contribution >= 4 is 28.2 Å². The highest BCUT2D eigenvalue weighted by Gasteiger charge is 2.22. The average Bonchev–Trinajstić information content (AvgIpc) is 2.53. The first-order chi connectivity index (χ1) is 6.88. The number of esters is 1. The van der Waals surface area contributed by atoms with Crippen LogP contribution in [-0.2, 0) is 14.3 Å². The summed E-state index contributed by atoms with van der Waals surface area (Å²) >= 11 is 1.35. The lowest BCUT2D eigenvalue weighted by atomic mass is 10.2. The molecular formula is C10H13NO3S. The molecule has 1 rings (SSSR count). The molecular weight excluding hydrogens is 214 g/mol. The monoisotopic (exact) mass is 227 g/mol. The standard InChI is InChI=1S/C10H13NO3S/c1-10(2,3)14-9(13)8(12)11-7-5-4-6-15-7/h4-6H,1-3H3,(H,11,12). The third-order valence-corrected chi connectivity index (χ3v) is 2.13. The molecule has 1 aromatic heterocycles. The molecule has 1 heterocycles. The van der Waals surface area contributed by atoms with Crippen LogP contribution in [0.4, 0.5) is 5.00 Å². The van der Waals surface area contributed by atoms with E-state index in [1.165, 1.54) is 11.3 Å². The van der Waals surface area contributed by atoms with Gasteiger partial charge in [-0.05, 0) is 38.3 Å². The molecule has 0 spiro atoms. The number of hydrogen-bond acceptors (Lipinski definition) is 4. The first kappa shape index (κ1) is 11.7.